The summed E-state index contributed by atoms with van der Waals surface area (Å²) in [5.41, 5.74) is 1.35. The van der Waals surface area contributed by atoms with Crippen molar-refractivity contribution in [2.75, 3.05) is 15.9 Å². The number of anilines is 2. The standard InChI is InChI=1S/C21H17Cl2FN2O3S/c1-30(28,29)26(18-11-16(22)10-17(23)12-18)13-14-6-8-15(9-7-14)21(27)25-20-5-3-2-4-19(20)24/h2-12H,13H2,1H3,(H,25,27). The number of carbonyl (C=O) groups is 1. The predicted molar refractivity (Wildman–Crippen MR) is 118 cm³/mol. The highest BCUT2D eigenvalue weighted by Gasteiger charge is 2.19. The molecule has 3 rings (SSSR count). The fourth-order valence-corrected chi connectivity index (χ4v) is 4.15. The molecule has 3 aromatic carbocycles. The number of nitrogens with zero attached hydrogens (tertiary/aromatic N) is 1. The predicted octanol–water partition coefficient (Wildman–Crippen LogP) is 5.35. The van der Waals surface area contributed by atoms with E-state index in [1.165, 1.54) is 52.8 Å². The third-order valence-corrected chi connectivity index (χ3v) is 5.78. The smallest absolute Gasteiger partial charge is 0.255 e. The Morgan fingerprint density at radius 3 is 2.17 bits per heavy atom. The second-order valence-corrected chi connectivity index (χ2v) is 9.31. The van der Waals surface area contributed by atoms with E-state index in [1.54, 1.807) is 18.2 Å². The van der Waals surface area contributed by atoms with Gasteiger partial charge in [-0.25, -0.2) is 12.8 Å². The summed E-state index contributed by atoms with van der Waals surface area (Å²) < 4.78 is 39.5. The zero-order valence-electron chi connectivity index (χ0n) is 15.8. The van der Waals surface area contributed by atoms with Crippen LogP contribution in [0.15, 0.2) is 66.7 Å². The van der Waals surface area contributed by atoms with E-state index in [-0.39, 0.29) is 12.2 Å². The van der Waals surface area contributed by atoms with E-state index >= 15 is 0 Å². The van der Waals surface area contributed by atoms with Gasteiger partial charge in [0.15, 0.2) is 0 Å². The third kappa shape index (κ3) is 5.50. The molecular formula is C21H17Cl2FN2O3S. The first-order valence-corrected chi connectivity index (χ1v) is 11.3. The van der Waals surface area contributed by atoms with Crippen LogP contribution in [-0.4, -0.2) is 20.6 Å². The molecule has 0 aliphatic heterocycles. The molecule has 0 radical (unpaired) electrons. The molecule has 0 spiro atoms. The lowest BCUT2D eigenvalue weighted by molar-refractivity contribution is 0.102. The Morgan fingerprint density at radius 1 is 1.00 bits per heavy atom. The molecule has 0 bridgehead atoms. The van der Waals surface area contributed by atoms with Crippen molar-refractivity contribution in [3.05, 3.63) is 93.7 Å². The fraction of sp³-hybridized carbons (Fsp3) is 0.0952. The number of hydrogen-bond donors (Lipinski definition) is 1. The van der Waals surface area contributed by atoms with Crippen LogP contribution < -0.4 is 9.62 Å². The van der Waals surface area contributed by atoms with E-state index in [9.17, 15) is 17.6 Å². The molecule has 0 fully saturated rings. The zero-order valence-corrected chi connectivity index (χ0v) is 18.1. The Morgan fingerprint density at radius 2 is 1.60 bits per heavy atom. The fourth-order valence-electron chi connectivity index (χ4n) is 2.77. The van der Waals surface area contributed by atoms with Crippen molar-refractivity contribution >= 4 is 50.5 Å². The molecular weight excluding hydrogens is 450 g/mol. The van der Waals surface area contributed by atoms with Crippen molar-refractivity contribution in [2.45, 2.75) is 6.54 Å². The molecule has 0 unspecified atom stereocenters. The van der Waals surface area contributed by atoms with Gasteiger partial charge in [-0.15, -0.1) is 0 Å². The van der Waals surface area contributed by atoms with Crippen LogP contribution in [0, 0.1) is 5.82 Å². The Balaban J connectivity index is 1.80. The lowest BCUT2D eigenvalue weighted by Crippen LogP contribution is -2.29. The van der Waals surface area contributed by atoms with Gasteiger partial charge in [-0.2, -0.15) is 0 Å². The summed E-state index contributed by atoms with van der Waals surface area (Å²) in [6.07, 6.45) is 1.08. The topological polar surface area (TPSA) is 66.5 Å². The maximum Gasteiger partial charge on any atom is 0.255 e. The molecule has 0 heterocycles. The van der Waals surface area contributed by atoms with Gasteiger partial charge < -0.3 is 5.32 Å². The van der Waals surface area contributed by atoms with Crippen molar-refractivity contribution in [1.29, 1.82) is 0 Å². The van der Waals surface area contributed by atoms with Gasteiger partial charge >= 0.3 is 0 Å². The molecule has 5 nitrogen and oxygen atoms in total. The van der Waals surface area contributed by atoms with Crippen LogP contribution in [0.25, 0.3) is 0 Å². The number of halogens is 3. The van der Waals surface area contributed by atoms with Crippen molar-refractivity contribution in [1.82, 2.24) is 0 Å². The summed E-state index contributed by atoms with van der Waals surface area (Å²) in [6, 6.07) is 16.7. The largest absolute Gasteiger partial charge is 0.319 e. The summed E-state index contributed by atoms with van der Waals surface area (Å²) in [5.74, 6) is -1.01. The first-order valence-electron chi connectivity index (χ1n) is 8.72. The Hall–Kier alpha value is -2.61. The van der Waals surface area contributed by atoms with E-state index in [0.717, 1.165) is 6.26 Å². The minimum Gasteiger partial charge on any atom is -0.319 e. The highest BCUT2D eigenvalue weighted by Crippen LogP contribution is 2.28. The normalized spacial score (nSPS) is 11.2. The van der Waals surface area contributed by atoms with E-state index in [0.29, 0.717) is 26.9 Å². The van der Waals surface area contributed by atoms with Crippen molar-refractivity contribution < 1.29 is 17.6 Å². The van der Waals surface area contributed by atoms with Gasteiger partial charge in [-0.1, -0.05) is 47.5 Å². The third-order valence-electron chi connectivity index (χ3n) is 4.20. The Bertz CT molecular complexity index is 1160. The van der Waals surface area contributed by atoms with E-state index in [1.807, 2.05) is 0 Å². The molecule has 156 valence electrons. The Kier molecular flexibility index (Phi) is 6.65. The van der Waals surface area contributed by atoms with Gasteiger partial charge in [0, 0.05) is 15.6 Å². The highest BCUT2D eigenvalue weighted by atomic mass is 35.5. The summed E-state index contributed by atoms with van der Waals surface area (Å²) in [7, 11) is -3.63. The van der Waals surface area contributed by atoms with Crippen LogP contribution in [0.3, 0.4) is 0 Å². The number of para-hydroxylation sites is 1. The highest BCUT2D eigenvalue weighted by molar-refractivity contribution is 7.92. The summed E-state index contributed by atoms with van der Waals surface area (Å²) in [6.45, 7) is 0.0186. The maximum atomic E-state index is 13.7. The van der Waals surface area contributed by atoms with Crippen molar-refractivity contribution in [3.8, 4) is 0 Å². The van der Waals surface area contributed by atoms with E-state index in [2.05, 4.69) is 5.32 Å². The number of carbonyl (C=O) groups excluding carboxylic acids is 1. The maximum absolute atomic E-state index is 13.7. The van der Waals surface area contributed by atoms with Crippen LogP contribution in [0.4, 0.5) is 15.8 Å². The monoisotopic (exact) mass is 466 g/mol. The first-order chi connectivity index (χ1) is 14.1. The van der Waals surface area contributed by atoms with Gasteiger partial charge in [0.05, 0.1) is 24.2 Å². The second kappa shape index (κ2) is 9.04. The van der Waals surface area contributed by atoms with Crippen LogP contribution in [0.2, 0.25) is 10.0 Å². The number of hydrogen-bond acceptors (Lipinski definition) is 3. The average Bonchev–Trinajstić information content (AvgIpc) is 2.66. The van der Waals surface area contributed by atoms with Gasteiger partial charge in [0.1, 0.15) is 5.82 Å². The van der Waals surface area contributed by atoms with E-state index in [4.69, 9.17) is 23.2 Å². The molecule has 0 aliphatic carbocycles. The minimum atomic E-state index is -3.63. The van der Waals surface area contributed by atoms with Crippen LogP contribution in [0.1, 0.15) is 15.9 Å². The van der Waals surface area contributed by atoms with Crippen LogP contribution in [0.5, 0.6) is 0 Å². The second-order valence-electron chi connectivity index (χ2n) is 6.53. The minimum absolute atomic E-state index is 0.0186. The van der Waals surface area contributed by atoms with Gasteiger partial charge in [0.2, 0.25) is 10.0 Å². The van der Waals surface area contributed by atoms with E-state index < -0.39 is 21.7 Å². The summed E-state index contributed by atoms with van der Waals surface area (Å²) in [5, 5.41) is 3.12. The SMILES string of the molecule is CS(=O)(=O)N(Cc1ccc(C(=O)Nc2ccccc2F)cc1)c1cc(Cl)cc(Cl)c1. The average molecular weight is 467 g/mol. The molecule has 0 saturated carbocycles. The van der Waals surface area contributed by atoms with Gasteiger partial charge in [0.25, 0.3) is 5.91 Å². The molecule has 0 atom stereocenters. The summed E-state index contributed by atoms with van der Waals surface area (Å²) >= 11 is 12.0. The molecule has 0 aliphatic rings. The first kappa shape index (κ1) is 22.1. The quantitative estimate of drug-likeness (QED) is 0.532. The Labute approximate surface area is 184 Å². The van der Waals surface area contributed by atoms with Crippen molar-refractivity contribution in [2.24, 2.45) is 0 Å². The molecule has 9 heteroatoms. The number of benzene rings is 3. The number of nitrogens with one attached hydrogen (secondary N) is 1. The lowest BCUT2D eigenvalue weighted by atomic mass is 10.1. The molecule has 30 heavy (non-hydrogen) atoms. The summed E-state index contributed by atoms with van der Waals surface area (Å²) in [4.78, 5) is 12.3. The number of amides is 1. The van der Waals surface area contributed by atoms with Crippen LogP contribution in [-0.2, 0) is 16.6 Å². The lowest BCUT2D eigenvalue weighted by Gasteiger charge is -2.23. The number of sulfonamides is 1. The van der Waals surface area contributed by atoms with Crippen LogP contribution >= 0.6 is 23.2 Å². The molecule has 1 N–H and O–H groups in total. The molecule has 3 aromatic rings. The van der Waals surface area contributed by atoms with Gasteiger partial charge in [-0.3, -0.25) is 9.10 Å². The molecule has 1 amide bonds. The zero-order chi connectivity index (χ0) is 21.9. The molecule has 0 saturated heterocycles. The molecule has 0 aromatic heterocycles. The van der Waals surface area contributed by atoms with Crippen molar-refractivity contribution in [3.63, 3.8) is 0 Å². The van der Waals surface area contributed by atoms with Gasteiger partial charge in [-0.05, 0) is 48.0 Å². The number of rotatable bonds is 6.